The number of hydrogen-bond acceptors (Lipinski definition) is 1. The van der Waals surface area contributed by atoms with E-state index < -0.39 is 5.60 Å². The van der Waals surface area contributed by atoms with Crippen molar-refractivity contribution in [3.63, 3.8) is 0 Å². The molecule has 0 amide bonds. The summed E-state index contributed by atoms with van der Waals surface area (Å²) in [5.41, 5.74) is 2.05. The standard InChI is InChI=1S/C43H80O/c1-4-7-10-13-16-19-22-25-28-31-36-41-37-32-33-38-42(41)43(44,39-34-29-26-23-20-17-14-11-8-5-2)40-35-30-27-24-21-18-15-12-9-6-3/h32-33,37-38,44H,4-31,34-36,39-40H2,1-3H3. The summed E-state index contributed by atoms with van der Waals surface area (Å²) < 4.78 is 0. The molecule has 0 aliphatic rings. The minimum Gasteiger partial charge on any atom is -0.385 e. The summed E-state index contributed by atoms with van der Waals surface area (Å²) in [5, 5.41) is 12.3. The third kappa shape index (κ3) is 22.6. The van der Waals surface area contributed by atoms with Crippen molar-refractivity contribution >= 4 is 0 Å². The van der Waals surface area contributed by atoms with E-state index >= 15 is 0 Å². The van der Waals surface area contributed by atoms with E-state index in [0.29, 0.717) is 0 Å². The Bertz CT molecular complexity index is 685. The van der Waals surface area contributed by atoms with Gasteiger partial charge in [-0.3, -0.25) is 0 Å². The molecule has 1 aromatic carbocycles. The average Bonchev–Trinajstić information content (AvgIpc) is 3.04. The summed E-state index contributed by atoms with van der Waals surface area (Å²) in [6, 6.07) is 8.99. The normalized spacial score (nSPS) is 11.9. The first-order valence-corrected chi connectivity index (χ1v) is 20.5. The van der Waals surface area contributed by atoms with Gasteiger partial charge in [0.25, 0.3) is 0 Å². The van der Waals surface area contributed by atoms with Gasteiger partial charge < -0.3 is 5.11 Å². The Labute approximate surface area is 278 Å². The Morgan fingerprint density at radius 1 is 0.386 bits per heavy atom. The lowest BCUT2D eigenvalue weighted by molar-refractivity contribution is 0.0124. The molecule has 1 nitrogen and oxygen atoms in total. The number of aryl methyl sites for hydroxylation is 1. The molecule has 0 aliphatic carbocycles. The maximum Gasteiger partial charge on any atom is 0.0899 e. The summed E-state index contributed by atoms with van der Waals surface area (Å²) in [7, 11) is 0. The Morgan fingerprint density at radius 2 is 0.682 bits per heavy atom. The van der Waals surface area contributed by atoms with E-state index in [0.717, 1.165) is 32.1 Å². The molecule has 0 heterocycles. The van der Waals surface area contributed by atoms with E-state index in [-0.39, 0.29) is 0 Å². The fraction of sp³-hybridized carbons (Fsp3) is 0.860. The third-order valence-corrected chi connectivity index (χ3v) is 10.2. The monoisotopic (exact) mass is 613 g/mol. The van der Waals surface area contributed by atoms with Gasteiger partial charge in [-0.1, -0.05) is 231 Å². The smallest absolute Gasteiger partial charge is 0.0899 e. The first kappa shape index (κ1) is 41.2. The number of aliphatic hydroxyl groups is 1. The van der Waals surface area contributed by atoms with E-state index in [1.165, 1.54) is 191 Å². The van der Waals surface area contributed by atoms with Gasteiger partial charge in [-0.15, -0.1) is 0 Å². The lowest BCUT2D eigenvalue weighted by Crippen LogP contribution is -2.27. The number of benzene rings is 1. The highest BCUT2D eigenvalue weighted by atomic mass is 16.3. The molecule has 0 fully saturated rings. The van der Waals surface area contributed by atoms with Crippen molar-refractivity contribution in [1.29, 1.82) is 0 Å². The molecule has 1 N–H and O–H groups in total. The summed E-state index contributed by atoms with van der Waals surface area (Å²) in [6.45, 7) is 6.90. The fourth-order valence-electron chi connectivity index (χ4n) is 7.20. The molecule has 0 saturated heterocycles. The molecule has 1 heteroatoms. The highest BCUT2D eigenvalue weighted by Crippen LogP contribution is 2.36. The minimum atomic E-state index is -0.643. The van der Waals surface area contributed by atoms with Crippen molar-refractivity contribution in [1.82, 2.24) is 0 Å². The molecule has 0 aromatic heterocycles. The van der Waals surface area contributed by atoms with Gasteiger partial charge in [0.2, 0.25) is 0 Å². The van der Waals surface area contributed by atoms with Gasteiger partial charge in [-0.05, 0) is 36.8 Å². The van der Waals surface area contributed by atoms with E-state index in [1.807, 2.05) is 0 Å². The maximum atomic E-state index is 12.3. The predicted octanol–water partition coefficient (Wildman–Crippen LogP) is 15.0. The van der Waals surface area contributed by atoms with Crippen LogP contribution in [0, 0.1) is 0 Å². The van der Waals surface area contributed by atoms with E-state index in [1.54, 1.807) is 0 Å². The van der Waals surface area contributed by atoms with E-state index in [2.05, 4.69) is 45.0 Å². The van der Waals surface area contributed by atoms with Crippen LogP contribution in [0.3, 0.4) is 0 Å². The van der Waals surface area contributed by atoms with Crippen LogP contribution in [0.15, 0.2) is 24.3 Å². The second kappa shape index (κ2) is 30.8. The molecule has 0 radical (unpaired) electrons. The summed E-state index contributed by atoms with van der Waals surface area (Å²) in [5.74, 6) is 0. The van der Waals surface area contributed by atoms with Crippen LogP contribution < -0.4 is 0 Å². The molecule has 0 bridgehead atoms. The SMILES string of the molecule is CCCCCCCCCCCCc1ccccc1C(O)(CCCCCCCCCCCC)CCCCCCCCCCCC. The second-order valence-corrected chi connectivity index (χ2v) is 14.5. The molecular formula is C43H80O. The van der Waals surface area contributed by atoms with Crippen LogP contribution in [0.5, 0.6) is 0 Å². The van der Waals surface area contributed by atoms with Crippen molar-refractivity contribution in [2.24, 2.45) is 0 Å². The third-order valence-electron chi connectivity index (χ3n) is 10.2. The van der Waals surface area contributed by atoms with Crippen LogP contribution in [0.4, 0.5) is 0 Å². The Morgan fingerprint density at radius 3 is 1.05 bits per heavy atom. The van der Waals surface area contributed by atoms with Crippen LogP contribution in [-0.2, 0) is 12.0 Å². The first-order valence-electron chi connectivity index (χ1n) is 20.5. The molecule has 1 rings (SSSR count). The van der Waals surface area contributed by atoms with Gasteiger partial charge in [-0.25, -0.2) is 0 Å². The zero-order valence-corrected chi connectivity index (χ0v) is 30.6. The second-order valence-electron chi connectivity index (χ2n) is 14.5. The maximum absolute atomic E-state index is 12.3. The van der Waals surface area contributed by atoms with Crippen molar-refractivity contribution in [2.75, 3.05) is 0 Å². The topological polar surface area (TPSA) is 20.2 Å². The summed E-state index contributed by atoms with van der Waals surface area (Å²) >= 11 is 0. The Hall–Kier alpha value is -0.820. The Balaban J connectivity index is 2.53. The lowest BCUT2D eigenvalue weighted by Gasteiger charge is -2.31. The van der Waals surface area contributed by atoms with Crippen molar-refractivity contribution in [2.45, 2.75) is 238 Å². The highest BCUT2D eigenvalue weighted by Gasteiger charge is 2.30. The van der Waals surface area contributed by atoms with Crippen molar-refractivity contribution < 1.29 is 5.11 Å². The number of hydrogen-bond donors (Lipinski definition) is 1. The molecule has 258 valence electrons. The molecule has 1 aromatic rings. The van der Waals surface area contributed by atoms with E-state index in [9.17, 15) is 5.11 Å². The van der Waals surface area contributed by atoms with Gasteiger partial charge in [0.15, 0.2) is 0 Å². The Kier molecular flexibility index (Phi) is 28.9. The average molecular weight is 613 g/mol. The number of unbranched alkanes of at least 4 members (excludes halogenated alkanes) is 27. The molecule has 0 spiro atoms. The van der Waals surface area contributed by atoms with Crippen LogP contribution in [0.25, 0.3) is 0 Å². The van der Waals surface area contributed by atoms with Crippen molar-refractivity contribution in [3.05, 3.63) is 35.4 Å². The van der Waals surface area contributed by atoms with Crippen LogP contribution in [0.2, 0.25) is 0 Å². The molecule has 0 aliphatic heterocycles. The first-order chi connectivity index (χ1) is 21.7. The zero-order chi connectivity index (χ0) is 31.8. The molecule has 0 saturated carbocycles. The van der Waals surface area contributed by atoms with Crippen LogP contribution in [0.1, 0.15) is 237 Å². The van der Waals surface area contributed by atoms with Gasteiger partial charge in [0.05, 0.1) is 5.60 Å². The molecule has 44 heavy (non-hydrogen) atoms. The van der Waals surface area contributed by atoms with Gasteiger partial charge in [0, 0.05) is 0 Å². The van der Waals surface area contributed by atoms with Gasteiger partial charge in [0.1, 0.15) is 0 Å². The van der Waals surface area contributed by atoms with Gasteiger partial charge >= 0.3 is 0 Å². The minimum absolute atomic E-state index is 0.643. The van der Waals surface area contributed by atoms with Crippen LogP contribution in [-0.4, -0.2) is 5.11 Å². The largest absolute Gasteiger partial charge is 0.385 e. The molecule has 0 unspecified atom stereocenters. The van der Waals surface area contributed by atoms with Crippen molar-refractivity contribution in [3.8, 4) is 0 Å². The molecular weight excluding hydrogens is 532 g/mol. The number of rotatable bonds is 34. The molecule has 0 atom stereocenters. The fourth-order valence-corrected chi connectivity index (χ4v) is 7.20. The lowest BCUT2D eigenvalue weighted by atomic mass is 9.80. The highest BCUT2D eigenvalue weighted by molar-refractivity contribution is 5.32. The summed E-state index contributed by atoms with van der Waals surface area (Å²) in [6.07, 6.45) is 43.9. The summed E-state index contributed by atoms with van der Waals surface area (Å²) in [4.78, 5) is 0. The zero-order valence-electron chi connectivity index (χ0n) is 30.6. The quantitative estimate of drug-likeness (QED) is 0.0768. The van der Waals surface area contributed by atoms with Gasteiger partial charge in [-0.2, -0.15) is 0 Å². The van der Waals surface area contributed by atoms with Crippen LogP contribution >= 0.6 is 0 Å². The predicted molar refractivity (Wildman–Crippen MR) is 199 cm³/mol. The van der Waals surface area contributed by atoms with E-state index in [4.69, 9.17) is 0 Å².